The van der Waals surface area contributed by atoms with E-state index in [1.165, 1.54) is 24.0 Å². The fraction of sp³-hybridized carbons (Fsp3) is 0.533. The Morgan fingerprint density at radius 3 is 2.47 bits per heavy atom. The van der Waals surface area contributed by atoms with Gasteiger partial charge in [0.2, 0.25) is 0 Å². The number of nitriles is 1. The molecule has 1 saturated heterocycles. The third-order valence-corrected chi connectivity index (χ3v) is 3.68. The summed E-state index contributed by atoms with van der Waals surface area (Å²) < 4.78 is 0. The van der Waals surface area contributed by atoms with Crippen LogP contribution >= 0.6 is 0 Å². The van der Waals surface area contributed by atoms with Gasteiger partial charge in [0.05, 0.1) is 6.07 Å². The number of benzene rings is 1. The molecule has 1 heterocycles. The van der Waals surface area contributed by atoms with Crippen LogP contribution in [-0.2, 0) is 0 Å². The Balaban J connectivity index is 1.87. The molecule has 0 aromatic heterocycles. The number of aryl methyl sites for hydroxylation is 1. The normalized spacial score (nSPS) is 17.9. The molecule has 1 aromatic carbocycles. The summed E-state index contributed by atoms with van der Waals surface area (Å²) in [6, 6.07) is 11.2. The van der Waals surface area contributed by atoms with Gasteiger partial charge in [0.1, 0.15) is 0 Å². The lowest BCUT2D eigenvalue weighted by Crippen LogP contribution is -2.33. The van der Waals surface area contributed by atoms with Gasteiger partial charge in [-0.3, -0.25) is 0 Å². The number of hydrogen-bond donors (Lipinski definition) is 0. The highest BCUT2D eigenvalue weighted by molar-refractivity contribution is 5.24. The third kappa shape index (κ3) is 3.31. The quantitative estimate of drug-likeness (QED) is 0.795. The zero-order valence-corrected chi connectivity index (χ0v) is 10.5. The first kappa shape index (κ1) is 12.1. The van der Waals surface area contributed by atoms with Crippen molar-refractivity contribution < 1.29 is 0 Å². The SMILES string of the molecule is Cc1ccc(C2CCN(CCC#N)CC2)cc1. The Bertz CT molecular complexity index is 380. The smallest absolute Gasteiger partial charge is 0.0635 e. The standard InChI is InChI=1S/C15H20N2/c1-13-3-5-14(6-4-13)15-7-11-17(12-8-15)10-2-9-16/h3-6,15H,2,7-8,10-12H2,1H3. The number of nitrogens with zero attached hydrogens (tertiary/aromatic N) is 2. The number of likely N-dealkylation sites (tertiary alicyclic amines) is 1. The van der Waals surface area contributed by atoms with E-state index in [0.717, 1.165) is 19.6 Å². The molecule has 1 aliphatic rings. The predicted molar refractivity (Wildman–Crippen MR) is 69.8 cm³/mol. The first-order valence-corrected chi connectivity index (χ1v) is 6.45. The molecule has 2 heteroatoms. The summed E-state index contributed by atoms with van der Waals surface area (Å²) in [5.74, 6) is 0.717. The summed E-state index contributed by atoms with van der Waals surface area (Å²) >= 11 is 0. The summed E-state index contributed by atoms with van der Waals surface area (Å²) in [5.41, 5.74) is 2.82. The Labute approximate surface area is 104 Å². The van der Waals surface area contributed by atoms with Gasteiger partial charge < -0.3 is 4.90 Å². The van der Waals surface area contributed by atoms with Crippen LogP contribution in [0, 0.1) is 18.3 Å². The summed E-state index contributed by atoms with van der Waals surface area (Å²) in [6.07, 6.45) is 3.12. The van der Waals surface area contributed by atoms with Gasteiger partial charge in [-0.05, 0) is 44.3 Å². The molecule has 0 N–H and O–H groups in total. The molecule has 0 unspecified atom stereocenters. The van der Waals surface area contributed by atoms with Crippen molar-refractivity contribution in [1.82, 2.24) is 4.90 Å². The lowest BCUT2D eigenvalue weighted by Gasteiger charge is -2.31. The van der Waals surface area contributed by atoms with Crippen LogP contribution in [0.3, 0.4) is 0 Å². The summed E-state index contributed by atoms with van der Waals surface area (Å²) in [4.78, 5) is 2.41. The summed E-state index contributed by atoms with van der Waals surface area (Å²) in [6.45, 7) is 5.35. The van der Waals surface area contributed by atoms with Crippen LogP contribution in [-0.4, -0.2) is 24.5 Å². The Morgan fingerprint density at radius 1 is 1.24 bits per heavy atom. The molecule has 1 aromatic rings. The molecule has 0 aliphatic carbocycles. The van der Waals surface area contributed by atoms with Crippen LogP contribution in [0.1, 0.15) is 36.3 Å². The van der Waals surface area contributed by atoms with E-state index in [-0.39, 0.29) is 0 Å². The van der Waals surface area contributed by atoms with Crippen LogP contribution < -0.4 is 0 Å². The second kappa shape index (κ2) is 5.84. The summed E-state index contributed by atoms with van der Waals surface area (Å²) in [7, 11) is 0. The Morgan fingerprint density at radius 2 is 1.88 bits per heavy atom. The van der Waals surface area contributed by atoms with E-state index < -0.39 is 0 Å². The molecule has 17 heavy (non-hydrogen) atoms. The maximum absolute atomic E-state index is 8.58. The number of hydrogen-bond acceptors (Lipinski definition) is 2. The van der Waals surface area contributed by atoms with Gasteiger partial charge in [-0.1, -0.05) is 29.8 Å². The van der Waals surface area contributed by atoms with Crippen molar-refractivity contribution in [2.24, 2.45) is 0 Å². The van der Waals surface area contributed by atoms with Crippen molar-refractivity contribution in [3.8, 4) is 6.07 Å². The molecular formula is C15H20N2. The number of rotatable bonds is 3. The zero-order valence-electron chi connectivity index (χ0n) is 10.5. The van der Waals surface area contributed by atoms with Crippen LogP contribution in [0.4, 0.5) is 0 Å². The molecule has 2 rings (SSSR count). The molecular weight excluding hydrogens is 208 g/mol. The second-order valence-electron chi connectivity index (χ2n) is 4.93. The van der Waals surface area contributed by atoms with Gasteiger partial charge >= 0.3 is 0 Å². The van der Waals surface area contributed by atoms with Gasteiger partial charge in [-0.25, -0.2) is 0 Å². The minimum absolute atomic E-state index is 0.662. The molecule has 0 atom stereocenters. The molecule has 90 valence electrons. The molecule has 0 saturated carbocycles. The van der Waals surface area contributed by atoms with Crippen LogP contribution in [0.15, 0.2) is 24.3 Å². The van der Waals surface area contributed by atoms with Gasteiger partial charge in [0.15, 0.2) is 0 Å². The Hall–Kier alpha value is -1.33. The van der Waals surface area contributed by atoms with Gasteiger partial charge in [-0.2, -0.15) is 5.26 Å². The number of piperidine rings is 1. The predicted octanol–water partition coefficient (Wildman–Crippen LogP) is 3.09. The minimum Gasteiger partial charge on any atom is -0.302 e. The van der Waals surface area contributed by atoms with Crippen LogP contribution in [0.5, 0.6) is 0 Å². The summed E-state index contributed by atoms with van der Waals surface area (Å²) in [5, 5.41) is 8.58. The van der Waals surface area contributed by atoms with Crippen LogP contribution in [0.2, 0.25) is 0 Å². The molecule has 0 radical (unpaired) electrons. The van der Waals surface area contributed by atoms with E-state index in [4.69, 9.17) is 5.26 Å². The van der Waals surface area contributed by atoms with Crippen molar-refractivity contribution in [2.75, 3.05) is 19.6 Å². The highest BCUT2D eigenvalue weighted by Crippen LogP contribution is 2.28. The van der Waals surface area contributed by atoms with Gasteiger partial charge in [-0.15, -0.1) is 0 Å². The van der Waals surface area contributed by atoms with Crippen molar-refractivity contribution in [1.29, 1.82) is 5.26 Å². The van der Waals surface area contributed by atoms with Gasteiger partial charge in [0.25, 0.3) is 0 Å². The van der Waals surface area contributed by atoms with Crippen LogP contribution in [0.25, 0.3) is 0 Å². The zero-order chi connectivity index (χ0) is 12.1. The molecule has 0 amide bonds. The highest BCUT2D eigenvalue weighted by Gasteiger charge is 2.19. The van der Waals surface area contributed by atoms with Crippen molar-refractivity contribution in [3.05, 3.63) is 35.4 Å². The fourth-order valence-electron chi connectivity index (χ4n) is 2.54. The molecule has 0 spiro atoms. The van der Waals surface area contributed by atoms with Gasteiger partial charge in [0, 0.05) is 13.0 Å². The lowest BCUT2D eigenvalue weighted by molar-refractivity contribution is 0.216. The fourth-order valence-corrected chi connectivity index (χ4v) is 2.54. The lowest BCUT2D eigenvalue weighted by atomic mass is 9.89. The topological polar surface area (TPSA) is 27.0 Å². The van der Waals surface area contributed by atoms with E-state index in [9.17, 15) is 0 Å². The first-order valence-electron chi connectivity index (χ1n) is 6.45. The van der Waals surface area contributed by atoms with Crippen molar-refractivity contribution in [3.63, 3.8) is 0 Å². The largest absolute Gasteiger partial charge is 0.302 e. The Kier molecular flexibility index (Phi) is 4.17. The molecule has 1 aliphatic heterocycles. The maximum Gasteiger partial charge on any atom is 0.0635 e. The van der Waals surface area contributed by atoms with E-state index in [0.29, 0.717) is 12.3 Å². The average Bonchev–Trinajstić information content (AvgIpc) is 2.38. The van der Waals surface area contributed by atoms with Crippen molar-refractivity contribution in [2.45, 2.75) is 32.1 Å². The highest BCUT2D eigenvalue weighted by atomic mass is 15.1. The molecule has 0 bridgehead atoms. The van der Waals surface area contributed by atoms with Crippen molar-refractivity contribution >= 4 is 0 Å². The monoisotopic (exact) mass is 228 g/mol. The second-order valence-corrected chi connectivity index (χ2v) is 4.93. The minimum atomic E-state index is 0.662. The maximum atomic E-state index is 8.58. The molecule has 2 nitrogen and oxygen atoms in total. The molecule has 1 fully saturated rings. The van der Waals surface area contributed by atoms with E-state index in [2.05, 4.69) is 42.2 Å². The van der Waals surface area contributed by atoms with E-state index in [1.807, 2.05) is 0 Å². The first-order chi connectivity index (χ1) is 8.29. The van der Waals surface area contributed by atoms with E-state index >= 15 is 0 Å². The van der Waals surface area contributed by atoms with E-state index in [1.54, 1.807) is 0 Å². The third-order valence-electron chi connectivity index (χ3n) is 3.68. The average molecular weight is 228 g/mol.